The third-order valence-electron chi connectivity index (χ3n) is 3.80. The van der Waals surface area contributed by atoms with Gasteiger partial charge in [0.25, 0.3) is 6.43 Å². The van der Waals surface area contributed by atoms with Crippen molar-refractivity contribution in [3.8, 4) is 22.4 Å². The van der Waals surface area contributed by atoms with Crippen molar-refractivity contribution in [1.29, 1.82) is 0 Å². The third kappa shape index (κ3) is 3.75. The van der Waals surface area contributed by atoms with E-state index in [9.17, 15) is 26.0 Å². The smallest absolute Gasteiger partial charge is 0.298 e. The van der Waals surface area contributed by atoms with Crippen LogP contribution in [0.2, 0.25) is 5.02 Å². The molecule has 2 aromatic carbocycles. The number of aryl methyl sites for hydroxylation is 1. The van der Waals surface area contributed by atoms with Crippen LogP contribution in [0.3, 0.4) is 0 Å². The van der Waals surface area contributed by atoms with E-state index in [2.05, 4.69) is 5.16 Å². The van der Waals surface area contributed by atoms with E-state index in [0.29, 0.717) is 17.7 Å². The number of nitrogens with two attached hydrogens (primary N) is 1. The first-order chi connectivity index (χ1) is 13.0. The van der Waals surface area contributed by atoms with E-state index in [1.165, 1.54) is 6.07 Å². The van der Waals surface area contributed by atoms with Gasteiger partial charge >= 0.3 is 0 Å². The molecule has 3 rings (SSSR count). The Kier molecular flexibility index (Phi) is 5.22. The predicted octanol–water partition coefficient (Wildman–Crippen LogP) is 4.83. The summed E-state index contributed by atoms with van der Waals surface area (Å²) in [7, 11) is -4.70. The van der Waals surface area contributed by atoms with E-state index < -0.39 is 49.9 Å². The minimum atomic E-state index is -4.70. The van der Waals surface area contributed by atoms with Gasteiger partial charge in [0, 0.05) is 10.6 Å². The number of benzene rings is 2. The average Bonchev–Trinajstić information content (AvgIpc) is 2.96. The topological polar surface area (TPSA) is 86.2 Å². The number of hydrogen-bond donors (Lipinski definition) is 1. The van der Waals surface area contributed by atoms with E-state index in [4.69, 9.17) is 21.3 Å². The Bertz CT molecular complexity index is 1140. The quantitative estimate of drug-likeness (QED) is 0.596. The normalized spacial score (nSPS) is 12.0. The number of rotatable bonds is 4. The van der Waals surface area contributed by atoms with Crippen LogP contribution in [0.1, 0.15) is 17.7 Å². The molecular weight excluding hydrogens is 424 g/mol. The van der Waals surface area contributed by atoms with Crippen molar-refractivity contribution in [3.05, 3.63) is 58.3 Å². The zero-order valence-electron chi connectivity index (χ0n) is 14.0. The van der Waals surface area contributed by atoms with Gasteiger partial charge in [0.2, 0.25) is 15.8 Å². The summed E-state index contributed by atoms with van der Waals surface area (Å²) in [6.45, 7) is 1.70. The molecule has 0 amide bonds. The van der Waals surface area contributed by atoms with Gasteiger partial charge in [0.15, 0.2) is 4.90 Å². The average molecular weight is 435 g/mol. The van der Waals surface area contributed by atoms with Crippen LogP contribution in [0, 0.1) is 18.6 Å². The number of alkyl halides is 2. The van der Waals surface area contributed by atoms with Crippen molar-refractivity contribution in [1.82, 2.24) is 5.16 Å². The summed E-state index contributed by atoms with van der Waals surface area (Å²) in [6, 6.07) is 5.73. The molecule has 5 nitrogen and oxygen atoms in total. The number of primary sulfonamides is 1. The Hall–Kier alpha value is -2.43. The first kappa shape index (κ1) is 20.3. The first-order valence-corrected chi connectivity index (χ1v) is 9.49. The van der Waals surface area contributed by atoms with E-state index >= 15 is 0 Å². The number of halogens is 5. The Balaban J connectivity index is 2.31. The van der Waals surface area contributed by atoms with Crippen molar-refractivity contribution >= 4 is 21.6 Å². The monoisotopic (exact) mass is 434 g/mol. The highest BCUT2D eigenvalue weighted by Gasteiger charge is 2.29. The second kappa shape index (κ2) is 7.19. The van der Waals surface area contributed by atoms with Gasteiger partial charge in [-0.25, -0.2) is 31.1 Å². The lowest BCUT2D eigenvalue weighted by atomic mass is 9.98. The van der Waals surface area contributed by atoms with Crippen molar-refractivity contribution in [2.24, 2.45) is 5.14 Å². The molecule has 11 heteroatoms. The van der Waals surface area contributed by atoms with E-state index in [1.807, 2.05) is 0 Å². The highest BCUT2D eigenvalue weighted by Crippen LogP contribution is 2.41. The molecule has 0 atom stereocenters. The summed E-state index contributed by atoms with van der Waals surface area (Å²) in [4.78, 5) is -1.37. The number of hydrogen-bond acceptors (Lipinski definition) is 4. The molecule has 0 radical (unpaired) electrons. The van der Waals surface area contributed by atoms with Crippen molar-refractivity contribution in [2.75, 3.05) is 0 Å². The van der Waals surface area contributed by atoms with Crippen LogP contribution < -0.4 is 5.14 Å². The largest absolute Gasteiger partial charge is 0.354 e. The Morgan fingerprint density at radius 3 is 2.18 bits per heavy atom. The molecule has 28 heavy (non-hydrogen) atoms. The van der Waals surface area contributed by atoms with Crippen LogP contribution in [0.5, 0.6) is 0 Å². The summed E-state index contributed by atoms with van der Waals surface area (Å²) < 4.78 is 82.7. The van der Waals surface area contributed by atoms with Crippen molar-refractivity contribution in [2.45, 2.75) is 18.2 Å². The molecule has 1 aromatic heterocycles. The zero-order valence-corrected chi connectivity index (χ0v) is 15.6. The fourth-order valence-electron chi connectivity index (χ4n) is 2.78. The lowest BCUT2D eigenvalue weighted by molar-refractivity contribution is 0.113. The number of nitrogens with zero attached hydrogens (tertiary/aromatic N) is 1. The molecule has 1 heterocycles. The third-order valence-corrected chi connectivity index (χ3v) is 4.98. The van der Waals surface area contributed by atoms with Crippen LogP contribution in [0.4, 0.5) is 17.6 Å². The van der Waals surface area contributed by atoms with Crippen molar-refractivity contribution in [3.63, 3.8) is 0 Å². The second-order valence-electron chi connectivity index (χ2n) is 5.90. The standard InChI is InChI=1S/C17H11ClF4N2O3S/c1-7-2-9(4-10(18)3-7)14-13(15(17(21)22)27-24-14)8-5-11(19)16(12(20)6-8)28(23,25)26/h2-6,17H,1H3,(H2,23,25,26). The number of sulfonamides is 1. The van der Waals surface area contributed by atoms with Gasteiger partial charge in [-0.05, 0) is 48.4 Å². The van der Waals surface area contributed by atoms with Crippen LogP contribution >= 0.6 is 11.6 Å². The predicted molar refractivity (Wildman–Crippen MR) is 93.4 cm³/mol. The molecule has 2 N–H and O–H groups in total. The minimum Gasteiger partial charge on any atom is -0.354 e. The zero-order chi connectivity index (χ0) is 20.8. The number of aromatic nitrogens is 1. The maximum Gasteiger partial charge on any atom is 0.298 e. The molecular formula is C17H11ClF4N2O3S. The fraction of sp³-hybridized carbons (Fsp3) is 0.118. The van der Waals surface area contributed by atoms with E-state index in [0.717, 1.165) is 0 Å². The molecule has 0 saturated carbocycles. The van der Waals surface area contributed by atoms with Gasteiger partial charge in [0.1, 0.15) is 17.3 Å². The Morgan fingerprint density at radius 2 is 1.68 bits per heavy atom. The summed E-state index contributed by atoms with van der Waals surface area (Å²) in [6.07, 6.45) is -3.15. The molecule has 0 saturated heterocycles. The highest BCUT2D eigenvalue weighted by molar-refractivity contribution is 7.89. The SMILES string of the molecule is Cc1cc(Cl)cc(-c2noc(C(F)F)c2-c2cc(F)c(S(N)(=O)=O)c(F)c2)c1. The molecule has 148 valence electrons. The van der Waals surface area contributed by atoms with Crippen LogP contribution in [0.25, 0.3) is 22.4 Å². The Morgan fingerprint density at radius 1 is 1.07 bits per heavy atom. The molecule has 0 unspecified atom stereocenters. The maximum absolute atomic E-state index is 14.2. The van der Waals surface area contributed by atoms with Gasteiger partial charge in [-0.2, -0.15) is 0 Å². The Labute approximate surface area is 161 Å². The van der Waals surface area contributed by atoms with Crippen molar-refractivity contribution < 1.29 is 30.5 Å². The fourth-order valence-corrected chi connectivity index (χ4v) is 3.73. The molecule has 0 spiro atoms. The molecule has 0 bridgehead atoms. The summed E-state index contributed by atoms with van der Waals surface area (Å²) >= 11 is 5.98. The molecule has 0 aliphatic heterocycles. The van der Waals surface area contributed by atoms with E-state index in [1.54, 1.807) is 19.1 Å². The van der Waals surface area contributed by atoms with Gasteiger partial charge in [-0.15, -0.1) is 0 Å². The summed E-state index contributed by atoms with van der Waals surface area (Å²) in [5.41, 5.74) is 0.0223. The molecule has 0 fully saturated rings. The molecule has 3 aromatic rings. The second-order valence-corrected chi connectivity index (χ2v) is 7.84. The summed E-state index contributed by atoms with van der Waals surface area (Å²) in [5.74, 6) is -4.01. The summed E-state index contributed by atoms with van der Waals surface area (Å²) in [5, 5.41) is 8.66. The van der Waals surface area contributed by atoms with Crippen LogP contribution in [-0.2, 0) is 10.0 Å². The lowest BCUT2D eigenvalue weighted by Crippen LogP contribution is -2.16. The van der Waals surface area contributed by atoms with Gasteiger partial charge in [-0.1, -0.05) is 16.8 Å². The van der Waals surface area contributed by atoms with E-state index in [-0.39, 0.29) is 16.3 Å². The first-order valence-electron chi connectivity index (χ1n) is 7.56. The van der Waals surface area contributed by atoms with Crippen LogP contribution in [0.15, 0.2) is 39.8 Å². The van der Waals surface area contributed by atoms with Gasteiger partial charge in [0.05, 0.1) is 5.56 Å². The molecule has 0 aliphatic rings. The van der Waals surface area contributed by atoms with Gasteiger partial charge < -0.3 is 4.52 Å². The minimum absolute atomic E-state index is 0.136. The van der Waals surface area contributed by atoms with Gasteiger partial charge in [-0.3, -0.25) is 0 Å². The highest BCUT2D eigenvalue weighted by atomic mass is 35.5. The maximum atomic E-state index is 14.2. The van der Waals surface area contributed by atoms with Crippen LogP contribution in [-0.4, -0.2) is 13.6 Å². The lowest BCUT2D eigenvalue weighted by Gasteiger charge is -2.09. The molecule has 0 aliphatic carbocycles.